The van der Waals surface area contributed by atoms with Crippen LogP contribution in [0.2, 0.25) is 0 Å². The standard InChI is InChI=1S/C12H17BrN4/c1-16(10-8-14-13)11-9-15-17(2)12-6-4-3-5-7-12/h3-10,14H,11H2,1-2H3/b10-8-,15-9+. The van der Waals surface area contributed by atoms with E-state index < -0.39 is 0 Å². The zero-order chi connectivity index (χ0) is 12.5. The molecule has 0 spiro atoms. The molecule has 0 fully saturated rings. The molecule has 5 heteroatoms. The first kappa shape index (κ1) is 13.6. The minimum Gasteiger partial charge on any atom is -0.374 e. The zero-order valence-corrected chi connectivity index (χ0v) is 11.6. The Hall–Kier alpha value is -1.49. The Labute approximate surface area is 111 Å². The number of para-hydroxylation sites is 1. The van der Waals surface area contributed by atoms with E-state index in [1.165, 1.54) is 0 Å². The highest BCUT2D eigenvalue weighted by Crippen LogP contribution is 2.10. The summed E-state index contributed by atoms with van der Waals surface area (Å²) in [6.07, 6.45) is 5.59. The third-order valence-electron chi connectivity index (χ3n) is 2.15. The van der Waals surface area contributed by atoms with Crippen LogP contribution in [-0.4, -0.2) is 31.8 Å². The molecule has 0 heterocycles. The Morgan fingerprint density at radius 2 is 2.00 bits per heavy atom. The molecular formula is C12H17BrN4. The van der Waals surface area contributed by atoms with Gasteiger partial charge in [0.05, 0.1) is 12.2 Å². The lowest BCUT2D eigenvalue weighted by Gasteiger charge is -2.14. The lowest BCUT2D eigenvalue weighted by atomic mass is 10.3. The molecule has 17 heavy (non-hydrogen) atoms. The SMILES string of the molecule is CN(/C=C\NBr)C/C=N/N(C)c1ccccc1. The van der Waals surface area contributed by atoms with Gasteiger partial charge in [0.25, 0.3) is 0 Å². The number of benzene rings is 1. The van der Waals surface area contributed by atoms with Crippen LogP contribution in [0.4, 0.5) is 5.69 Å². The summed E-state index contributed by atoms with van der Waals surface area (Å²) in [4.78, 5) is 2.01. The zero-order valence-electron chi connectivity index (χ0n) is 10.0. The monoisotopic (exact) mass is 296 g/mol. The first-order valence-corrected chi connectivity index (χ1v) is 6.07. The van der Waals surface area contributed by atoms with Crippen LogP contribution in [0.5, 0.6) is 0 Å². The topological polar surface area (TPSA) is 30.9 Å². The van der Waals surface area contributed by atoms with Crippen LogP contribution in [-0.2, 0) is 0 Å². The molecule has 0 aliphatic heterocycles. The lowest BCUT2D eigenvalue weighted by Crippen LogP contribution is -2.16. The van der Waals surface area contributed by atoms with E-state index >= 15 is 0 Å². The van der Waals surface area contributed by atoms with Crippen LogP contribution in [0.3, 0.4) is 0 Å². The van der Waals surface area contributed by atoms with Crippen LogP contribution in [0.1, 0.15) is 0 Å². The highest BCUT2D eigenvalue weighted by atomic mass is 79.9. The molecule has 4 nitrogen and oxygen atoms in total. The fourth-order valence-electron chi connectivity index (χ4n) is 1.21. The summed E-state index contributed by atoms with van der Waals surface area (Å²) in [5.41, 5.74) is 1.07. The molecule has 1 aromatic carbocycles. The predicted octanol–water partition coefficient (Wildman–Crippen LogP) is 2.41. The van der Waals surface area contributed by atoms with E-state index in [4.69, 9.17) is 0 Å². The molecule has 0 aliphatic rings. The van der Waals surface area contributed by atoms with E-state index in [1.807, 2.05) is 66.8 Å². The normalized spacial score (nSPS) is 11.0. The quantitative estimate of drug-likeness (QED) is 0.497. The van der Waals surface area contributed by atoms with E-state index in [2.05, 4.69) is 25.6 Å². The maximum atomic E-state index is 4.34. The molecule has 0 saturated heterocycles. The fraction of sp³-hybridized carbons (Fsp3) is 0.250. The van der Waals surface area contributed by atoms with Gasteiger partial charge in [-0.3, -0.25) is 5.01 Å². The fourth-order valence-corrected chi connectivity index (χ4v) is 1.33. The first-order valence-electron chi connectivity index (χ1n) is 5.28. The van der Waals surface area contributed by atoms with Gasteiger partial charge in [0.15, 0.2) is 0 Å². The van der Waals surface area contributed by atoms with Crippen molar-refractivity contribution < 1.29 is 0 Å². The number of hydrazone groups is 1. The lowest BCUT2D eigenvalue weighted by molar-refractivity contribution is 0.526. The highest BCUT2D eigenvalue weighted by molar-refractivity contribution is 9.08. The smallest absolute Gasteiger partial charge is 0.0590 e. The van der Waals surface area contributed by atoms with Crippen molar-refractivity contribution in [2.45, 2.75) is 0 Å². The second-order valence-electron chi connectivity index (χ2n) is 3.52. The van der Waals surface area contributed by atoms with Crippen LogP contribution >= 0.6 is 16.1 Å². The molecular weight excluding hydrogens is 280 g/mol. The second-order valence-corrected chi connectivity index (χ2v) is 3.98. The molecule has 1 aromatic rings. The van der Waals surface area contributed by atoms with E-state index in [0.717, 1.165) is 12.2 Å². The van der Waals surface area contributed by atoms with Gasteiger partial charge < -0.3 is 9.24 Å². The third kappa shape index (κ3) is 5.40. The van der Waals surface area contributed by atoms with Gasteiger partial charge in [-0.15, -0.1) is 0 Å². The van der Waals surface area contributed by atoms with Gasteiger partial charge in [-0.1, -0.05) is 18.2 Å². The summed E-state index contributed by atoms with van der Waals surface area (Å²) in [6, 6.07) is 10.0. The molecule has 0 saturated carbocycles. The number of rotatable bonds is 6. The number of hydrogen-bond donors (Lipinski definition) is 1. The van der Waals surface area contributed by atoms with Crippen LogP contribution in [0.25, 0.3) is 0 Å². The van der Waals surface area contributed by atoms with E-state index in [9.17, 15) is 0 Å². The summed E-state index contributed by atoms with van der Waals surface area (Å²) in [5.74, 6) is 0. The van der Waals surface area contributed by atoms with Gasteiger partial charge in [-0.2, -0.15) is 5.10 Å². The van der Waals surface area contributed by atoms with Crippen LogP contribution in [0, 0.1) is 0 Å². The minimum absolute atomic E-state index is 0.752. The second kappa shape index (κ2) is 7.73. The minimum atomic E-state index is 0.752. The maximum Gasteiger partial charge on any atom is 0.0590 e. The summed E-state index contributed by atoms with van der Waals surface area (Å²) in [6.45, 7) is 0.752. The first-order chi connectivity index (χ1) is 8.24. The van der Waals surface area contributed by atoms with Crippen molar-refractivity contribution in [3.63, 3.8) is 0 Å². The molecule has 0 amide bonds. The average molecular weight is 297 g/mol. The van der Waals surface area contributed by atoms with Crippen molar-refractivity contribution >= 4 is 28.0 Å². The molecule has 0 radical (unpaired) electrons. The van der Waals surface area contributed by atoms with E-state index in [-0.39, 0.29) is 0 Å². The molecule has 0 unspecified atom stereocenters. The molecule has 1 rings (SSSR count). The number of hydrogen-bond acceptors (Lipinski definition) is 4. The largest absolute Gasteiger partial charge is 0.374 e. The van der Waals surface area contributed by atoms with Gasteiger partial charge in [0.2, 0.25) is 0 Å². The van der Waals surface area contributed by atoms with Gasteiger partial charge >= 0.3 is 0 Å². The van der Waals surface area contributed by atoms with Crippen molar-refractivity contribution in [3.05, 3.63) is 42.7 Å². The Morgan fingerprint density at radius 1 is 1.29 bits per heavy atom. The molecule has 0 aliphatic carbocycles. The third-order valence-corrected chi connectivity index (χ3v) is 2.41. The van der Waals surface area contributed by atoms with Crippen molar-refractivity contribution in [3.8, 4) is 0 Å². The summed E-state index contributed by atoms with van der Waals surface area (Å²) in [7, 11) is 3.91. The number of anilines is 1. The Balaban J connectivity index is 2.41. The average Bonchev–Trinajstić information content (AvgIpc) is 2.37. The van der Waals surface area contributed by atoms with Crippen molar-refractivity contribution in [1.82, 2.24) is 9.24 Å². The maximum absolute atomic E-state index is 4.34. The summed E-state index contributed by atoms with van der Waals surface area (Å²) in [5, 5.41) is 6.19. The van der Waals surface area contributed by atoms with Crippen molar-refractivity contribution in [2.24, 2.45) is 5.10 Å². The van der Waals surface area contributed by atoms with Crippen molar-refractivity contribution in [2.75, 3.05) is 25.6 Å². The summed E-state index contributed by atoms with van der Waals surface area (Å²) < 4.78 is 2.76. The number of halogens is 1. The number of nitrogens with zero attached hydrogens (tertiary/aromatic N) is 3. The van der Waals surface area contributed by atoms with Crippen LogP contribution in [0.15, 0.2) is 47.8 Å². The van der Waals surface area contributed by atoms with Crippen molar-refractivity contribution in [1.29, 1.82) is 0 Å². The molecule has 0 atom stereocenters. The Morgan fingerprint density at radius 3 is 2.65 bits per heavy atom. The summed E-state index contributed by atoms with van der Waals surface area (Å²) >= 11 is 3.09. The van der Waals surface area contributed by atoms with Gasteiger partial charge in [-0.05, 0) is 12.1 Å². The van der Waals surface area contributed by atoms with Gasteiger partial charge in [0.1, 0.15) is 0 Å². The Kier molecular flexibility index (Phi) is 6.17. The molecule has 0 bridgehead atoms. The van der Waals surface area contributed by atoms with Gasteiger partial charge in [0, 0.05) is 48.9 Å². The van der Waals surface area contributed by atoms with E-state index in [0.29, 0.717) is 0 Å². The van der Waals surface area contributed by atoms with E-state index in [1.54, 1.807) is 6.20 Å². The van der Waals surface area contributed by atoms with Crippen LogP contribution < -0.4 is 9.35 Å². The highest BCUT2D eigenvalue weighted by Gasteiger charge is 1.94. The Bertz CT molecular complexity index is 364. The predicted molar refractivity (Wildman–Crippen MR) is 77.2 cm³/mol. The number of nitrogens with one attached hydrogen (secondary N) is 1. The molecule has 0 aromatic heterocycles. The molecule has 92 valence electrons. The van der Waals surface area contributed by atoms with Gasteiger partial charge in [-0.25, -0.2) is 0 Å². The molecule has 1 N–H and O–H groups in total.